The summed E-state index contributed by atoms with van der Waals surface area (Å²) in [6.07, 6.45) is 3.65. The molecule has 1 atom stereocenters. The number of hydrogen-bond acceptors (Lipinski definition) is 2. The van der Waals surface area contributed by atoms with Crippen molar-refractivity contribution in [2.24, 2.45) is 5.92 Å². The van der Waals surface area contributed by atoms with Gasteiger partial charge in [-0.1, -0.05) is 44.4 Å². The first-order valence-electron chi connectivity index (χ1n) is 8.45. The van der Waals surface area contributed by atoms with Crippen LogP contribution in [-0.4, -0.2) is 36.6 Å². The monoisotopic (exact) mass is 303 g/mol. The van der Waals surface area contributed by atoms with Crippen molar-refractivity contribution in [3.05, 3.63) is 34.9 Å². The highest BCUT2D eigenvalue weighted by atomic mass is 16.5. The molecule has 1 heterocycles. The zero-order chi connectivity index (χ0) is 16.1. The average molecular weight is 303 g/mol. The van der Waals surface area contributed by atoms with E-state index in [1.807, 2.05) is 30.9 Å². The van der Waals surface area contributed by atoms with E-state index in [-0.39, 0.29) is 12.0 Å². The normalized spacial score (nSPS) is 18.8. The van der Waals surface area contributed by atoms with Gasteiger partial charge in [0.05, 0.1) is 12.7 Å². The summed E-state index contributed by atoms with van der Waals surface area (Å²) in [4.78, 5) is 14.7. The van der Waals surface area contributed by atoms with Gasteiger partial charge in [0.25, 0.3) is 5.91 Å². The number of ether oxygens (including phenoxy) is 1. The Morgan fingerprint density at radius 2 is 2.14 bits per heavy atom. The third-order valence-electron chi connectivity index (χ3n) is 4.36. The van der Waals surface area contributed by atoms with E-state index in [2.05, 4.69) is 19.9 Å². The van der Waals surface area contributed by atoms with Gasteiger partial charge in [0.15, 0.2) is 0 Å². The fraction of sp³-hybridized carbons (Fsp3) is 0.632. The van der Waals surface area contributed by atoms with Gasteiger partial charge in [-0.15, -0.1) is 0 Å². The van der Waals surface area contributed by atoms with Crippen LogP contribution in [0.5, 0.6) is 0 Å². The second kappa shape index (κ2) is 7.77. The number of carbonyl (C=O) groups is 1. The van der Waals surface area contributed by atoms with Crippen LogP contribution in [0.1, 0.15) is 54.6 Å². The quantitative estimate of drug-likeness (QED) is 0.823. The van der Waals surface area contributed by atoms with Crippen molar-refractivity contribution in [2.75, 3.05) is 19.7 Å². The number of morpholine rings is 1. The molecule has 1 saturated heterocycles. The number of benzene rings is 1. The van der Waals surface area contributed by atoms with Gasteiger partial charge in [0, 0.05) is 18.7 Å². The molecule has 0 aromatic heterocycles. The van der Waals surface area contributed by atoms with Crippen LogP contribution < -0.4 is 0 Å². The van der Waals surface area contributed by atoms with Gasteiger partial charge < -0.3 is 9.64 Å². The molecule has 22 heavy (non-hydrogen) atoms. The zero-order valence-electron chi connectivity index (χ0n) is 14.4. The lowest BCUT2D eigenvalue weighted by molar-refractivity contribution is -0.0260. The van der Waals surface area contributed by atoms with Gasteiger partial charge >= 0.3 is 0 Å². The van der Waals surface area contributed by atoms with Crippen LogP contribution in [0.4, 0.5) is 0 Å². The van der Waals surface area contributed by atoms with Gasteiger partial charge in [-0.3, -0.25) is 4.79 Å². The highest BCUT2D eigenvalue weighted by molar-refractivity contribution is 5.95. The fourth-order valence-corrected chi connectivity index (χ4v) is 2.97. The standard InChI is InChI=1S/C19H29NO2/c1-14(2)6-5-7-17-13-20(10-11-22-17)19(21)18-12-15(3)8-9-16(18)4/h8-9,12,14,17H,5-7,10-11,13H2,1-4H3/t17-/m0/s1. The van der Waals surface area contributed by atoms with E-state index in [0.29, 0.717) is 13.2 Å². The van der Waals surface area contributed by atoms with E-state index in [1.165, 1.54) is 12.8 Å². The lowest BCUT2D eigenvalue weighted by Crippen LogP contribution is -2.45. The molecule has 3 nitrogen and oxygen atoms in total. The summed E-state index contributed by atoms with van der Waals surface area (Å²) < 4.78 is 5.84. The lowest BCUT2D eigenvalue weighted by atomic mass is 10.0. The van der Waals surface area contributed by atoms with Gasteiger partial charge in [-0.2, -0.15) is 0 Å². The van der Waals surface area contributed by atoms with E-state index >= 15 is 0 Å². The Morgan fingerprint density at radius 3 is 2.86 bits per heavy atom. The van der Waals surface area contributed by atoms with Crippen molar-refractivity contribution in [3.8, 4) is 0 Å². The molecular weight excluding hydrogens is 274 g/mol. The molecule has 0 aliphatic carbocycles. The zero-order valence-corrected chi connectivity index (χ0v) is 14.4. The maximum atomic E-state index is 12.8. The van der Waals surface area contributed by atoms with Crippen molar-refractivity contribution in [3.63, 3.8) is 0 Å². The molecule has 0 radical (unpaired) electrons. The van der Waals surface area contributed by atoms with Crippen molar-refractivity contribution in [2.45, 2.75) is 53.1 Å². The average Bonchev–Trinajstić information content (AvgIpc) is 2.49. The molecule has 0 unspecified atom stereocenters. The number of nitrogens with zero attached hydrogens (tertiary/aromatic N) is 1. The topological polar surface area (TPSA) is 29.5 Å². The SMILES string of the molecule is Cc1ccc(C)c(C(=O)N2CCO[C@@H](CCCC(C)C)C2)c1. The van der Waals surface area contributed by atoms with Gasteiger partial charge in [-0.05, 0) is 37.8 Å². The van der Waals surface area contributed by atoms with Gasteiger partial charge in [-0.25, -0.2) is 0 Å². The maximum Gasteiger partial charge on any atom is 0.254 e. The number of aryl methyl sites for hydroxylation is 2. The van der Waals surface area contributed by atoms with E-state index in [9.17, 15) is 4.79 Å². The number of amides is 1. The van der Waals surface area contributed by atoms with E-state index in [4.69, 9.17) is 4.74 Å². The van der Waals surface area contributed by atoms with Gasteiger partial charge in [0.2, 0.25) is 0 Å². The van der Waals surface area contributed by atoms with Crippen LogP contribution in [0.3, 0.4) is 0 Å². The molecule has 2 rings (SSSR count). The van der Waals surface area contributed by atoms with Crippen LogP contribution in [0.15, 0.2) is 18.2 Å². The Kier molecular flexibility index (Phi) is 6.01. The second-order valence-electron chi connectivity index (χ2n) is 6.89. The Labute approximate surface area is 134 Å². The summed E-state index contributed by atoms with van der Waals surface area (Å²) in [5, 5.41) is 0. The van der Waals surface area contributed by atoms with E-state index in [1.54, 1.807) is 0 Å². The van der Waals surface area contributed by atoms with Crippen LogP contribution in [0, 0.1) is 19.8 Å². The van der Waals surface area contributed by atoms with Crippen LogP contribution in [-0.2, 0) is 4.74 Å². The number of carbonyl (C=O) groups excluding carboxylic acids is 1. The summed E-state index contributed by atoms with van der Waals surface area (Å²) in [5.74, 6) is 0.884. The van der Waals surface area contributed by atoms with Crippen molar-refractivity contribution in [1.82, 2.24) is 4.90 Å². The van der Waals surface area contributed by atoms with E-state index in [0.717, 1.165) is 35.6 Å². The molecule has 1 amide bonds. The third kappa shape index (κ3) is 4.57. The molecule has 0 bridgehead atoms. The molecule has 122 valence electrons. The molecule has 0 N–H and O–H groups in total. The highest BCUT2D eigenvalue weighted by Gasteiger charge is 2.25. The Hall–Kier alpha value is -1.35. The third-order valence-corrected chi connectivity index (χ3v) is 4.36. The number of rotatable bonds is 5. The second-order valence-corrected chi connectivity index (χ2v) is 6.89. The molecule has 3 heteroatoms. The molecule has 0 spiro atoms. The highest BCUT2D eigenvalue weighted by Crippen LogP contribution is 2.18. The fourth-order valence-electron chi connectivity index (χ4n) is 2.97. The first-order valence-corrected chi connectivity index (χ1v) is 8.45. The number of hydrogen-bond donors (Lipinski definition) is 0. The summed E-state index contributed by atoms with van der Waals surface area (Å²) in [6.45, 7) is 10.6. The van der Waals surface area contributed by atoms with Gasteiger partial charge in [0.1, 0.15) is 0 Å². The molecule has 1 aromatic carbocycles. The molecule has 1 aromatic rings. The van der Waals surface area contributed by atoms with Crippen LogP contribution >= 0.6 is 0 Å². The van der Waals surface area contributed by atoms with Crippen molar-refractivity contribution >= 4 is 5.91 Å². The Morgan fingerprint density at radius 1 is 1.36 bits per heavy atom. The predicted octanol–water partition coefficient (Wildman–Crippen LogP) is 3.97. The molecule has 1 aliphatic heterocycles. The summed E-state index contributed by atoms with van der Waals surface area (Å²) in [7, 11) is 0. The smallest absolute Gasteiger partial charge is 0.254 e. The Bertz CT molecular complexity index is 510. The minimum absolute atomic E-state index is 0.151. The molecular formula is C19H29NO2. The first kappa shape index (κ1) is 17.0. The minimum atomic E-state index is 0.151. The van der Waals surface area contributed by atoms with Crippen LogP contribution in [0.2, 0.25) is 0 Å². The predicted molar refractivity (Wildman–Crippen MR) is 90.2 cm³/mol. The largest absolute Gasteiger partial charge is 0.375 e. The first-order chi connectivity index (χ1) is 10.5. The summed E-state index contributed by atoms with van der Waals surface area (Å²) in [5.41, 5.74) is 3.02. The minimum Gasteiger partial charge on any atom is -0.375 e. The summed E-state index contributed by atoms with van der Waals surface area (Å²) in [6, 6.07) is 6.09. The maximum absolute atomic E-state index is 12.8. The molecule has 1 aliphatic rings. The Balaban J connectivity index is 1.96. The molecule has 0 saturated carbocycles. The lowest BCUT2D eigenvalue weighted by Gasteiger charge is -2.33. The molecule has 1 fully saturated rings. The van der Waals surface area contributed by atoms with Crippen molar-refractivity contribution < 1.29 is 9.53 Å². The summed E-state index contributed by atoms with van der Waals surface area (Å²) >= 11 is 0. The van der Waals surface area contributed by atoms with Crippen LogP contribution in [0.25, 0.3) is 0 Å². The van der Waals surface area contributed by atoms with E-state index < -0.39 is 0 Å². The van der Waals surface area contributed by atoms with Crippen molar-refractivity contribution in [1.29, 1.82) is 0 Å².